The van der Waals surface area contributed by atoms with Gasteiger partial charge in [-0.3, -0.25) is 4.21 Å². The molecule has 1 saturated heterocycles. The third kappa shape index (κ3) is 3.07. The van der Waals surface area contributed by atoms with Crippen molar-refractivity contribution in [2.24, 2.45) is 0 Å². The quantitative estimate of drug-likeness (QED) is 0.895. The van der Waals surface area contributed by atoms with E-state index < -0.39 is 10.8 Å². The molecule has 0 bridgehead atoms. The number of fused-ring (bicyclic) bond motifs is 1. The maximum atomic E-state index is 12.6. The first-order valence-electron chi connectivity index (χ1n) is 7.24. The smallest absolute Gasteiger partial charge is 0.231 e. The topological polar surface area (TPSA) is 56.8 Å². The molecule has 0 spiro atoms. The van der Waals surface area contributed by atoms with E-state index in [9.17, 15) is 4.21 Å². The Labute approximate surface area is 127 Å². The van der Waals surface area contributed by atoms with Crippen LogP contribution in [0.5, 0.6) is 11.5 Å². The van der Waals surface area contributed by atoms with Gasteiger partial charge in [0.2, 0.25) is 6.79 Å². The summed E-state index contributed by atoms with van der Waals surface area (Å²) in [6.45, 7) is 2.99. The standard InChI is InChI=1S/C15H21NO4S/c1-10-15(5-6-18-10)21(17)8-12(16-2)11-3-4-13-14(7-11)20-9-19-13/h3-4,7,10,12,15-16H,5-6,8-9H2,1-2H3. The van der Waals surface area contributed by atoms with Gasteiger partial charge in [0.15, 0.2) is 11.5 Å². The predicted octanol–water partition coefficient (Wildman–Crippen LogP) is 1.60. The van der Waals surface area contributed by atoms with Crippen LogP contribution in [0.3, 0.4) is 0 Å². The van der Waals surface area contributed by atoms with Crippen LogP contribution in [-0.4, -0.2) is 41.8 Å². The van der Waals surface area contributed by atoms with E-state index in [4.69, 9.17) is 14.2 Å². The monoisotopic (exact) mass is 311 g/mol. The second-order valence-corrected chi connectivity index (χ2v) is 7.10. The maximum Gasteiger partial charge on any atom is 0.231 e. The third-order valence-corrected chi connectivity index (χ3v) is 6.08. The molecule has 0 aromatic heterocycles. The Kier molecular flexibility index (Phi) is 4.47. The van der Waals surface area contributed by atoms with Crippen LogP contribution in [0.1, 0.15) is 24.9 Å². The summed E-state index contributed by atoms with van der Waals surface area (Å²) in [6, 6.07) is 5.91. The van der Waals surface area contributed by atoms with Crippen LogP contribution in [0.4, 0.5) is 0 Å². The van der Waals surface area contributed by atoms with E-state index >= 15 is 0 Å². The third-order valence-electron chi connectivity index (χ3n) is 4.12. The summed E-state index contributed by atoms with van der Waals surface area (Å²) in [6.07, 6.45) is 0.964. The van der Waals surface area contributed by atoms with Gasteiger partial charge in [0.1, 0.15) is 0 Å². The van der Waals surface area contributed by atoms with Crippen LogP contribution in [0.15, 0.2) is 18.2 Å². The van der Waals surface area contributed by atoms with Gasteiger partial charge < -0.3 is 19.5 Å². The highest BCUT2D eigenvalue weighted by Crippen LogP contribution is 2.34. The first-order chi connectivity index (χ1) is 10.2. The summed E-state index contributed by atoms with van der Waals surface area (Å²) in [5.41, 5.74) is 1.07. The molecule has 1 aromatic rings. The fourth-order valence-corrected chi connectivity index (χ4v) is 4.62. The minimum absolute atomic E-state index is 0.0353. The van der Waals surface area contributed by atoms with Crippen molar-refractivity contribution in [3.8, 4) is 11.5 Å². The van der Waals surface area contributed by atoms with Crippen LogP contribution in [0.2, 0.25) is 0 Å². The average molecular weight is 311 g/mol. The molecule has 116 valence electrons. The lowest BCUT2D eigenvalue weighted by Crippen LogP contribution is -2.30. The van der Waals surface area contributed by atoms with Crippen molar-refractivity contribution in [3.05, 3.63) is 23.8 Å². The summed E-state index contributed by atoms with van der Waals surface area (Å²) in [4.78, 5) is 0. The van der Waals surface area contributed by atoms with E-state index in [0.29, 0.717) is 12.4 Å². The Balaban J connectivity index is 1.71. The zero-order valence-corrected chi connectivity index (χ0v) is 13.2. The number of nitrogens with one attached hydrogen (secondary N) is 1. The highest BCUT2D eigenvalue weighted by molar-refractivity contribution is 7.85. The van der Waals surface area contributed by atoms with Crippen molar-refractivity contribution < 1.29 is 18.4 Å². The predicted molar refractivity (Wildman–Crippen MR) is 81.2 cm³/mol. The van der Waals surface area contributed by atoms with Crippen molar-refractivity contribution in [1.29, 1.82) is 0 Å². The molecule has 6 heteroatoms. The summed E-state index contributed by atoms with van der Waals surface area (Å²) in [5.74, 6) is 2.11. The summed E-state index contributed by atoms with van der Waals surface area (Å²) in [5, 5.41) is 3.38. The van der Waals surface area contributed by atoms with E-state index in [2.05, 4.69) is 5.32 Å². The molecular formula is C15H21NO4S. The van der Waals surface area contributed by atoms with Gasteiger partial charge in [-0.1, -0.05) is 6.07 Å². The molecular weight excluding hydrogens is 290 g/mol. The van der Waals surface area contributed by atoms with Crippen molar-refractivity contribution in [1.82, 2.24) is 5.32 Å². The van der Waals surface area contributed by atoms with E-state index in [1.165, 1.54) is 0 Å². The maximum absolute atomic E-state index is 12.6. The van der Waals surface area contributed by atoms with Crippen molar-refractivity contribution in [2.75, 3.05) is 26.2 Å². The number of rotatable bonds is 5. The Morgan fingerprint density at radius 3 is 2.90 bits per heavy atom. The van der Waals surface area contributed by atoms with Crippen LogP contribution in [-0.2, 0) is 15.5 Å². The average Bonchev–Trinajstić information content (AvgIpc) is 3.12. The summed E-state index contributed by atoms with van der Waals surface area (Å²) >= 11 is 0. The van der Waals surface area contributed by atoms with E-state index in [0.717, 1.165) is 23.5 Å². The molecule has 4 unspecified atom stereocenters. The van der Waals surface area contributed by atoms with Gasteiger partial charge in [-0.05, 0) is 38.1 Å². The number of hydrogen-bond acceptors (Lipinski definition) is 5. The molecule has 2 aliphatic rings. The Morgan fingerprint density at radius 2 is 2.19 bits per heavy atom. The molecule has 4 atom stereocenters. The molecule has 3 rings (SSSR count). The normalized spacial score (nSPS) is 26.8. The molecule has 1 aromatic carbocycles. The lowest BCUT2D eigenvalue weighted by molar-refractivity contribution is 0.127. The van der Waals surface area contributed by atoms with Crippen LogP contribution < -0.4 is 14.8 Å². The number of benzene rings is 1. The Hall–Kier alpha value is -1.11. The first-order valence-corrected chi connectivity index (χ1v) is 8.63. The van der Waals surface area contributed by atoms with Crippen molar-refractivity contribution in [2.45, 2.75) is 30.7 Å². The van der Waals surface area contributed by atoms with Gasteiger partial charge in [-0.15, -0.1) is 0 Å². The Bertz CT molecular complexity index is 536. The lowest BCUT2D eigenvalue weighted by Gasteiger charge is -2.20. The van der Waals surface area contributed by atoms with E-state index in [-0.39, 0.29) is 24.2 Å². The van der Waals surface area contributed by atoms with Crippen LogP contribution in [0.25, 0.3) is 0 Å². The SMILES string of the molecule is CNC(CS(=O)C1CCOC1C)c1ccc2c(c1)OCO2. The molecule has 1 N–H and O–H groups in total. The minimum atomic E-state index is -0.914. The molecule has 2 heterocycles. The second kappa shape index (κ2) is 6.34. The number of hydrogen-bond donors (Lipinski definition) is 1. The largest absolute Gasteiger partial charge is 0.454 e. The summed E-state index contributed by atoms with van der Waals surface area (Å²) < 4.78 is 28.8. The fourth-order valence-electron chi connectivity index (χ4n) is 2.82. The molecule has 0 amide bonds. The molecule has 21 heavy (non-hydrogen) atoms. The highest BCUT2D eigenvalue weighted by Gasteiger charge is 2.31. The van der Waals surface area contributed by atoms with Gasteiger partial charge in [0.05, 0.1) is 11.4 Å². The second-order valence-electron chi connectivity index (χ2n) is 5.40. The van der Waals surface area contributed by atoms with Gasteiger partial charge >= 0.3 is 0 Å². The minimum Gasteiger partial charge on any atom is -0.454 e. The lowest BCUT2D eigenvalue weighted by atomic mass is 10.1. The van der Waals surface area contributed by atoms with Gasteiger partial charge in [-0.25, -0.2) is 0 Å². The molecule has 0 saturated carbocycles. The first kappa shape index (κ1) is 14.8. The molecule has 5 nitrogen and oxygen atoms in total. The highest BCUT2D eigenvalue weighted by atomic mass is 32.2. The molecule has 0 aliphatic carbocycles. The molecule has 0 radical (unpaired) electrons. The zero-order valence-electron chi connectivity index (χ0n) is 12.3. The fraction of sp³-hybridized carbons (Fsp3) is 0.600. The summed E-state index contributed by atoms with van der Waals surface area (Å²) in [7, 11) is 0.976. The van der Waals surface area contributed by atoms with Crippen LogP contribution >= 0.6 is 0 Å². The molecule has 2 aliphatic heterocycles. The van der Waals surface area contributed by atoms with Crippen molar-refractivity contribution in [3.63, 3.8) is 0 Å². The van der Waals surface area contributed by atoms with Gasteiger partial charge in [0.25, 0.3) is 0 Å². The van der Waals surface area contributed by atoms with Crippen molar-refractivity contribution >= 4 is 10.8 Å². The van der Waals surface area contributed by atoms with Crippen LogP contribution in [0, 0.1) is 0 Å². The van der Waals surface area contributed by atoms with E-state index in [1.54, 1.807) is 0 Å². The zero-order chi connectivity index (χ0) is 14.8. The number of ether oxygens (including phenoxy) is 3. The van der Waals surface area contributed by atoms with Gasteiger partial charge in [-0.2, -0.15) is 0 Å². The van der Waals surface area contributed by atoms with Gasteiger partial charge in [0, 0.05) is 29.2 Å². The van der Waals surface area contributed by atoms with E-state index in [1.807, 2.05) is 32.2 Å². The molecule has 1 fully saturated rings. The Morgan fingerprint density at radius 1 is 1.38 bits per heavy atom.